The number of nitrogens with one attached hydrogen (secondary N) is 1. The van der Waals surface area contributed by atoms with Crippen LogP contribution in [0.5, 0.6) is 5.75 Å². The lowest BCUT2D eigenvalue weighted by molar-refractivity contribution is 0.414. The fourth-order valence-electron chi connectivity index (χ4n) is 0.963. The second-order valence-corrected chi connectivity index (χ2v) is 2.66. The quantitative estimate of drug-likeness (QED) is 0.776. The van der Waals surface area contributed by atoms with Crippen LogP contribution in [-0.2, 0) is 6.54 Å². The Labute approximate surface area is 88.3 Å². The topological polar surface area (TPSA) is 21.3 Å². The van der Waals surface area contributed by atoms with E-state index in [0.29, 0.717) is 5.75 Å². The average molecular weight is 185 g/mol. The van der Waals surface area contributed by atoms with Crippen molar-refractivity contribution in [3.05, 3.63) is 29.8 Å². The molecule has 0 aromatic heterocycles. The average Bonchev–Trinajstić information content (AvgIpc) is 2.26. The third-order valence-corrected chi connectivity index (χ3v) is 1.67. The van der Waals surface area contributed by atoms with Crippen molar-refractivity contribution in [3.8, 4) is 5.75 Å². The fraction of sp³-hybridized carbons (Fsp3) is 0.455. The predicted molar refractivity (Wildman–Crippen MR) is 55.0 cm³/mol. The van der Waals surface area contributed by atoms with E-state index >= 15 is 0 Å². The smallest absolute Gasteiger partial charge is 0.118 e. The van der Waals surface area contributed by atoms with E-state index in [4.69, 9.17) is 13.0 Å². The van der Waals surface area contributed by atoms with E-state index in [1.54, 1.807) is 31.4 Å². The van der Waals surface area contributed by atoms with Crippen LogP contribution >= 0.6 is 0 Å². The summed E-state index contributed by atoms with van der Waals surface area (Å²) in [6.07, 6.45) is 0. The first-order valence-corrected chi connectivity index (χ1v) is 4.01. The van der Waals surface area contributed by atoms with Crippen molar-refractivity contribution in [3.63, 3.8) is 0 Å². The van der Waals surface area contributed by atoms with Crippen molar-refractivity contribution in [1.29, 1.82) is 0 Å². The molecule has 1 rings (SSSR count). The summed E-state index contributed by atoms with van der Waals surface area (Å²) in [6.45, 7) is -4.97. The lowest BCUT2D eigenvalue weighted by Gasteiger charge is -2.08. The highest BCUT2D eigenvalue weighted by atomic mass is 16.5. The first-order chi connectivity index (χ1) is 8.64. The summed E-state index contributed by atoms with van der Waals surface area (Å²) < 4.78 is 48.6. The number of benzene rings is 1. The van der Waals surface area contributed by atoms with Gasteiger partial charge in [-0.05, 0) is 17.7 Å². The summed E-state index contributed by atoms with van der Waals surface area (Å²) in [5.41, 5.74) is 0.791. The Balaban J connectivity index is 2.71. The second-order valence-electron chi connectivity index (χ2n) is 2.66. The summed E-state index contributed by atoms with van der Waals surface area (Å²) in [5.74, 6) is 0.687. The molecule has 0 saturated heterocycles. The van der Waals surface area contributed by atoms with Crippen LogP contribution in [0.1, 0.15) is 27.5 Å². The molecule has 0 aliphatic heterocycles. The molecule has 0 bridgehead atoms. The Kier molecular flexibility index (Phi) is 1.67. The van der Waals surface area contributed by atoms with Gasteiger partial charge in [-0.2, -0.15) is 0 Å². The van der Waals surface area contributed by atoms with Gasteiger partial charge < -0.3 is 10.1 Å². The van der Waals surface area contributed by atoms with E-state index in [9.17, 15) is 0 Å². The van der Waals surface area contributed by atoms with Gasteiger partial charge >= 0.3 is 0 Å². The monoisotopic (exact) mass is 185 g/mol. The van der Waals surface area contributed by atoms with Crippen LogP contribution in [0.25, 0.3) is 0 Å². The molecule has 0 saturated carbocycles. The summed E-state index contributed by atoms with van der Waals surface area (Å²) >= 11 is 0. The van der Waals surface area contributed by atoms with Crippen LogP contribution in [0.15, 0.2) is 24.3 Å². The van der Waals surface area contributed by atoms with Crippen molar-refractivity contribution in [2.45, 2.75) is 26.3 Å². The van der Waals surface area contributed by atoms with Gasteiger partial charge in [0.2, 0.25) is 0 Å². The number of methoxy groups -OCH3 is 1. The minimum atomic E-state index is -2.57. The van der Waals surface area contributed by atoms with E-state index in [2.05, 4.69) is 5.32 Å². The molecule has 0 radical (unpaired) electrons. The zero-order valence-electron chi connectivity index (χ0n) is 13.5. The van der Waals surface area contributed by atoms with E-state index < -0.39 is 19.7 Å². The molecule has 0 aliphatic rings. The highest BCUT2D eigenvalue weighted by Crippen LogP contribution is 2.10. The largest absolute Gasteiger partial charge is 0.497 e. The second kappa shape index (κ2) is 4.87. The fourth-order valence-corrected chi connectivity index (χ4v) is 0.963. The predicted octanol–water partition coefficient (Wildman–Crippen LogP) is 2.19. The summed E-state index contributed by atoms with van der Waals surface area (Å²) in [7, 11) is 1.55. The summed E-state index contributed by atoms with van der Waals surface area (Å²) in [6, 6.07) is 5.43. The highest BCUT2D eigenvalue weighted by Gasteiger charge is 1.95. The Hall–Kier alpha value is -1.02. The van der Waals surface area contributed by atoms with Gasteiger partial charge in [0.1, 0.15) is 5.75 Å². The number of ether oxygens (including phenoxy) is 1. The molecule has 13 heavy (non-hydrogen) atoms. The Bertz CT molecular complexity index is 383. The Morgan fingerprint density at radius 3 is 2.62 bits per heavy atom. The highest BCUT2D eigenvalue weighted by molar-refractivity contribution is 5.26. The minimum absolute atomic E-state index is 0.172. The first kappa shape index (κ1) is 4.47. The molecule has 72 valence electrons. The van der Waals surface area contributed by atoms with Crippen LogP contribution in [0, 0.1) is 0 Å². The minimum Gasteiger partial charge on any atom is -0.497 e. The van der Waals surface area contributed by atoms with Crippen molar-refractivity contribution < 1.29 is 13.0 Å². The van der Waals surface area contributed by atoms with Gasteiger partial charge in [-0.15, -0.1) is 0 Å². The normalized spacial score (nSPS) is 19.2. The van der Waals surface area contributed by atoms with Gasteiger partial charge in [0, 0.05) is 20.8 Å². The van der Waals surface area contributed by atoms with Crippen molar-refractivity contribution in [2.24, 2.45) is 0 Å². The molecule has 2 heteroatoms. The number of hydrogen-bond acceptors (Lipinski definition) is 2. The van der Waals surface area contributed by atoms with Crippen molar-refractivity contribution in [1.82, 2.24) is 5.32 Å². The molecule has 0 heterocycles. The van der Waals surface area contributed by atoms with Crippen molar-refractivity contribution >= 4 is 0 Å². The summed E-state index contributed by atoms with van der Waals surface area (Å²) in [5, 5.41) is 2.59. The molecular formula is C11H17NO. The van der Waals surface area contributed by atoms with Crippen LogP contribution in [0.2, 0.25) is 0 Å². The van der Waals surface area contributed by atoms with Crippen LogP contribution in [0.3, 0.4) is 0 Å². The lowest BCUT2D eigenvalue weighted by Crippen LogP contribution is -2.21. The third-order valence-electron chi connectivity index (χ3n) is 1.67. The van der Waals surface area contributed by atoms with E-state index in [-0.39, 0.29) is 6.54 Å². The molecule has 0 fully saturated rings. The van der Waals surface area contributed by atoms with Gasteiger partial charge in [0.15, 0.2) is 0 Å². The zero-order valence-corrected chi connectivity index (χ0v) is 7.50. The first-order valence-electron chi connectivity index (χ1n) is 7.01. The maximum atomic E-state index is 7.27. The molecule has 2 nitrogen and oxygen atoms in total. The Morgan fingerprint density at radius 2 is 2.08 bits per heavy atom. The molecule has 0 atom stereocenters. The Morgan fingerprint density at radius 1 is 1.38 bits per heavy atom. The van der Waals surface area contributed by atoms with Gasteiger partial charge in [0.05, 0.1) is 7.11 Å². The lowest BCUT2D eigenvalue weighted by atomic mass is 10.2. The number of hydrogen-bond donors (Lipinski definition) is 1. The molecule has 1 N–H and O–H groups in total. The van der Waals surface area contributed by atoms with Crippen LogP contribution in [0.4, 0.5) is 0 Å². The zero-order chi connectivity index (χ0) is 14.7. The molecule has 0 unspecified atom stereocenters. The van der Waals surface area contributed by atoms with Gasteiger partial charge in [-0.3, -0.25) is 0 Å². The van der Waals surface area contributed by atoms with Gasteiger partial charge in [-0.1, -0.05) is 25.8 Å². The molecule has 0 spiro atoms. The van der Waals surface area contributed by atoms with Crippen molar-refractivity contribution in [2.75, 3.05) is 7.11 Å². The van der Waals surface area contributed by atoms with Crippen LogP contribution < -0.4 is 10.1 Å². The van der Waals surface area contributed by atoms with Gasteiger partial charge in [-0.25, -0.2) is 0 Å². The third kappa shape index (κ3) is 3.47. The van der Waals surface area contributed by atoms with Gasteiger partial charge in [0.25, 0.3) is 0 Å². The summed E-state index contributed by atoms with van der Waals surface area (Å²) in [4.78, 5) is 0. The molecule has 1 aromatic rings. The molecule has 1 aromatic carbocycles. The maximum Gasteiger partial charge on any atom is 0.118 e. The standard InChI is InChI=1S/C11H17NO/c1-9(2)12-8-10-4-6-11(13-3)7-5-10/h4-7,9,12H,8H2,1-3H3/i1D3,2D3. The van der Waals surface area contributed by atoms with E-state index in [1.807, 2.05) is 0 Å². The molecular weight excluding hydrogens is 162 g/mol. The van der Waals surface area contributed by atoms with E-state index in [1.165, 1.54) is 0 Å². The van der Waals surface area contributed by atoms with Crippen LogP contribution in [-0.4, -0.2) is 13.2 Å². The molecule has 0 amide bonds. The SMILES string of the molecule is [2H]C([2H])([2H])C(NCc1ccc(OC)cc1)C([2H])([2H])[2H]. The maximum absolute atomic E-state index is 7.27. The number of rotatable bonds is 4. The van der Waals surface area contributed by atoms with E-state index in [0.717, 1.165) is 5.56 Å². The molecule has 0 aliphatic carbocycles.